The minimum atomic E-state index is 0.399. The molecule has 0 aromatic carbocycles. The van der Waals surface area contributed by atoms with Crippen LogP contribution in [0, 0.1) is 0 Å². The third kappa shape index (κ3) is 3.82. The third-order valence-electron chi connectivity index (χ3n) is 3.73. The van der Waals surface area contributed by atoms with Crippen LogP contribution in [-0.2, 0) is 11.2 Å². The Balaban J connectivity index is 2.10. The number of nitrogens with zero attached hydrogens (tertiary/aromatic N) is 3. The second kappa shape index (κ2) is 7.43. The maximum atomic E-state index is 5.43. The van der Waals surface area contributed by atoms with Gasteiger partial charge in [-0.15, -0.1) is 0 Å². The van der Waals surface area contributed by atoms with E-state index in [2.05, 4.69) is 40.1 Å². The van der Waals surface area contributed by atoms with Gasteiger partial charge in [0.2, 0.25) is 0 Å². The summed E-state index contributed by atoms with van der Waals surface area (Å²) in [6.07, 6.45) is 4.50. The number of hydrogen-bond donors (Lipinski definition) is 1. The Labute approximate surface area is 121 Å². The van der Waals surface area contributed by atoms with Gasteiger partial charge >= 0.3 is 0 Å². The van der Waals surface area contributed by atoms with Crippen molar-refractivity contribution < 1.29 is 4.74 Å². The van der Waals surface area contributed by atoms with E-state index >= 15 is 0 Å². The Hall–Kier alpha value is -1.36. The van der Waals surface area contributed by atoms with Crippen LogP contribution in [0.15, 0.2) is 6.07 Å². The van der Waals surface area contributed by atoms with E-state index in [-0.39, 0.29) is 0 Å². The maximum Gasteiger partial charge on any atom is 0.134 e. The molecule has 0 bridgehead atoms. The Bertz CT molecular complexity index is 416. The summed E-state index contributed by atoms with van der Waals surface area (Å²) in [6, 6.07) is 2.07. The van der Waals surface area contributed by atoms with Gasteiger partial charge in [-0.05, 0) is 19.3 Å². The summed E-state index contributed by atoms with van der Waals surface area (Å²) in [6.45, 7) is 7.22. The van der Waals surface area contributed by atoms with Gasteiger partial charge in [-0.1, -0.05) is 13.8 Å². The van der Waals surface area contributed by atoms with Crippen LogP contribution in [0.3, 0.4) is 0 Å². The largest absolute Gasteiger partial charge is 0.381 e. The second-order valence-corrected chi connectivity index (χ2v) is 5.23. The monoisotopic (exact) mass is 278 g/mol. The second-order valence-electron chi connectivity index (χ2n) is 5.23. The van der Waals surface area contributed by atoms with Gasteiger partial charge in [0.05, 0.1) is 6.10 Å². The number of rotatable bonds is 6. The molecule has 1 N–H and O–H groups in total. The van der Waals surface area contributed by atoms with Crippen LogP contribution in [0.5, 0.6) is 0 Å². The lowest BCUT2D eigenvalue weighted by molar-refractivity contribution is 0.0818. The number of nitrogens with one attached hydrogen (secondary N) is 1. The highest BCUT2D eigenvalue weighted by molar-refractivity contribution is 5.49. The fourth-order valence-corrected chi connectivity index (χ4v) is 2.47. The summed E-state index contributed by atoms with van der Waals surface area (Å²) in [5.41, 5.74) is 0. The molecule has 1 aliphatic rings. The van der Waals surface area contributed by atoms with Crippen LogP contribution in [0.25, 0.3) is 0 Å². The molecule has 0 spiro atoms. The van der Waals surface area contributed by atoms with Crippen molar-refractivity contribution in [2.24, 2.45) is 0 Å². The molecule has 0 atom stereocenters. The first-order valence-corrected chi connectivity index (χ1v) is 7.66. The molecule has 2 rings (SSSR count). The standard InChI is InChI=1S/C15H26N4O/c1-4-8-16-14-11-15(18-13(5-2)17-14)19-9-6-12(20-3)7-10-19/h11-12H,4-10H2,1-3H3,(H,16,17,18). The van der Waals surface area contributed by atoms with Crippen LogP contribution in [-0.4, -0.2) is 42.8 Å². The van der Waals surface area contributed by atoms with Crippen molar-refractivity contribution in [3.63, 3.8) is 0 Å². The summed E-state index contributed by atoms with van der Waals surface area (Å²) in [7, 11) is 1.80. The topological polar surface area (TPSA) is 50.3 Å². The van der Waals surface area contributed by atoms with E-state index in [1.807, 2.05) is 0 Å². The quantitative estimate of drug-likeness (QED) is 0.866. The lowest BCUT2D eigenvalue weighted by Gasteiger charge is -2.32. The third-order valence-corrected chi connectivity index (χ3v) is 3.73. The smallest absolute Gasteiger partial charge is 0.134 e. The molecule has 0 saturated carbocycles. The molecule has 2 heterocycles. The molecule has 1 aromatic rings. The van der Waals surface area contributed by atoms with Crippen LogP contribution < -0.4 is 10.2 Å². The molecule has 20 heavy (non-hydrogen) atoms. The Morgan fingerprint density at radius 2 is 2.05 bits per heavy atom. The van der Waals surface area contributed by atoms with Gasteiger partial charge in [-0.25, -0.2) is 9.97 Å². The lowest BCUT2D eigenvalue weighted by atomic mass is 10.1. The number of aromatic nitrogens is 2. The Kier molecular flexibility index (Phi) is 5.59. The number of anilines is 2. The molecule has 0 radical (unpaired) electrons. The van der Waals surface area contributed by atoms with Crippen molar-refractivity contribution in [1.82, 2.24) is 9.97 Å². The molecule has 112 valence electrons. The normalized spacial score (nSPS) is 16.4. The van der Waals surface area contributed by atoms with E-state index in [0.717, 1.165) is 62.8 Å². The van der Waals surface area contributed by atoms with Crippen molar-refractivity contribution in [2.75, 3.05) is 37.0 Å². The highest BCUT2D eigenvalue weighted by Crippen LogP contribution is 2.21. The van der Waals surface area contributed by atoms with E-state index in [0.29, 0.717) is 6.10 Å². The van der Waals surface area contributed by atoms with E-state index in [1.54, 1.807) is 7.11 Å². The highest BCUT2D eigenvalue weighted by Gasteiger charge is 2.20. The first kappa shape index (κ1) is 15.0. The van der Waals surface area contributed by atoms with Crippen molar-refractivity contribution >= 4 is 11.6 Å². The summed E-state index contributed by atoms with van der Waals surface area (Å²) < 4.78 is 5.43. The molecule has 1 fully saturated rings. The fourth-order valence-electron chi connectivity index (χ4n) is 2.47. The molecular formula is C15H26N4O. The van der Waals surface area contributed by atoms with Gasteiger partial charge < -0.3 is 15.0 Å². The zero-order valence-electron chi connectivity index (χ0n) is 12.9. The zero-order chi connectivity index (χ0) is 14.4. The molecule has 1 saturated heterocycles. The van der Waals surface area contributed by atoms with Gasteiger partial charge in [0, 0.05) is 39.2 Å². The minimum Gasteiger partial charge on any atom is -0.381 e. The van der Waals surface area contributed by atoms with Crippen LogP contribution >= 0.6 is 0 Å². The minimum absolute atomic E-state index is 0.399. The average Bonchev–Trinajstić information content (AvgIpc) is 2.52. The van der Waals surface area contributed by atoms with Gasteiger partial charge in [0.15, 0.2) is 0 Å². The van der Waals surface area contributed by atoms with Gasteiger partial charge in [-0.3, -0.25) is 0 Å². The molecule has 5 nitrogen and oxygen atoms in total. The van der Waals surface area contributed by atoms with Gasteiger partial charge in [-0.2, -0.15) is 0 Å². The first-order valence-electron chi connectivity index (χ1n) is 7.66. The zero-order valence-corrected chi connectivity index (χ0v) is 12.9. The lowest BCUT2D eigenvalue weighted by Crippen LogP contribution is -2.37. The fraction of sp³-hybridized carbons (Fsp3) is 0.733. The van der Waals surface area contributed by atoms with E-state index in [9.17, 15) is 0 Å². The summed E-state index contributed by atoms with van der Waals surface area (Å²) >= 11 is 0. The number of hydrogen-bond acceptors (Lipinski definition) is 5. The number of aryl methyl sites for hydroxylation is 1. The number of methoxy groups -OCH3 is 1. The van der Waals surface area contributed by atoms with Crippen LogP contribution in [0.2, 0.25) is 0 Å². The van der Waals surface area contributed by atoms with Gasteiger partial charge in [0.1, 0.15) is 17.5 Å². The molecule has 0 amide bonds. The first-order chi connectivity index (χ1) is 9.76. The summed E-state index contributed by atoms with van der Waals surface area (Å²) in [5, 5.41) is 3.37. The van der Waals surface area contributed by atoms with Gasteiger partial charge in [0.25, 0.3) is 0 Å². The Morgan fingerprint density at radius 3 is 2.65 bits per heavy atom. The van der Waals surface area contributed by atoms with Crippen molar-refractivity contribution in [3.05, 3.63) is 11.9 Å². The number of piperidine rings is 1. The van der Waals surface area contributed by atoms with Crippen molar-refractivity contribution in [2.45, 2.75) is 45.6 Å². The molecule has 0 aliphatic carbocycles. The average molecular weight is 278 g/mol. The predicted octanol–water partition coefficient (Wildman–Crippen LogP) is 2.48. The Morgan fingerprint density at radius 1 is 1.30 bits per heavy atom. The highest BCUT2D eigenvalue weighted by atomic mass is 16.5. The van der Waals surface area contributed by atoms with E-state index in [1.165, 1.54) is 0 Å². The molecule has 5 heteroatoms. The van der Waals surface area contributed by atoms with Crippen LogP contribution in [0.1, 0.15) is 38.9 Å². The van der Waals surface area contributed by atoms with Crippen LogP contribution in [0.4, 0.5) is 11.6 Å². The van der Waals surface area contributed by atoms with Crippen molar-refractivity contribution in [3.8, 4) is 0 Å². The molecule has 1 aromatic heterocycles. The van der Waals surface area contributed by atoms with E-state index in [4.69, 9.17) is 4.74 Å². The van der Waals surface area contributed by atoms with Crippen molar-refractivity contribution in [1.29, 1.82) is 0 Å². The number of ether oxygens (including phenoxy) is 1. The molecular weight excluding hydrogens is 252 g/mol. The molecule has 1 aliphatic heterocycles. The predicted molar refractivity (Wildman–Crippen MR) is 82.4 cm³/mol. The summed E-state index contributed by atoms with van der Waals surface area (Å²) in [4.78, 5) is 11.6. The molecule has 0 unspecified atom stereocenters. The maximum absolute atomic E-state index is 5.43. The summed E-state index contributed by atoms with van der Waals surface area (Å²) in [5.74, 6) is 2.91. The van der Waals surface area contributed by atoms with E-state index < -0.39 is 0 Å². The SMILES string of the molecule is CCCNc1cc(N2CCC(OC)CC2)nc(CC)n1.